The largest absolute Gasteiger partial charge is 0.467 e. The first-order chi connectivity index (χ1) is 13.6. The highest BCUT2D eigenvalue weighted by Crippen LogP contribution is 2.10. The molecule has 0 saturated carbocycles. The fourth-order valence-corrected chi connectivity index (χ4v) is 2.53. The van der Waals surface area contributed by atoms with Crippen molar-refractivity contribution < 1.29 is 14.0 Å². The molecule has 3 heterocycles. The van der Waals surface area contributed by atoms with Gasteiger partial charge in [-0.3, -0.25) is 19.6 Å². The molecular weight excluding hydrogens is 358 g/mol. The quantitative estimate of drug-likeness (QED) is 0.643. The average molecular weight is 379 g/mol. The number of hydrogen-bond donors (Lipinski definition) is 1. The van der Waals surface area contributed by atoms with Crippen LogP contribution in [0.3, 0.4) is 0 Å². The first-order valence-corrected chi connectivity index (χ1v) is 8.88. The summed E-state index contributed by atoms with van der Waals surface area (Å²) in [5.41, 5.74) is 1.92. The van der Waals surface area contributed by atoms with E-state index >= 15 is 0 Å². The van der Waals surface area contributed by atoms with Crippen LogP contribution in [0.15, 0.2) is 59.7 Å². The Balaban J connectivity index is 1.61. The molecule has 0 spiro atoms. The van der Waals surface area contributed by atoms with Gasteiger partial charge in [-0.15, -0.1) is 0 Å². The van der Waals surface area contributed by atoms with E-state index in [2.05, 4.69) is 20.3 Å². The molecule has 0 aliphatic carbocycles. The van der Waals surface area contributed by atoms with Crippen molar-refractivity contribution in [3.63, 3.8) is 0 Å². The molecule has 0 aliphatic heterocycles. The Morgan fingerprint density at radius 1 is 1.14 bits per heavy atom. The average Bonchev–Trinajstić information content (AvgIpc) is 3.23. The number of pyridine rings is 1. The maximum absolute atomic E-state index is 12.8. The molecule has 0 unspecified atom stereocenters. The molecule has 0 saturated heterocycles. The second-order valence-corrected chi connectivity index (χ2v) is 6.23. The van der Waals surface area contributed by atoms with Gasteiger partial charge in [0.05, 0.1) is 24.7 Å². The Labute approximate surface area is 162 Å². The zero-order valence-electron chi connectivity index (χ0n) is 15.5. The number of rotatable bonds is 8. The Bertz CT molecular complexity index is 895. The zero-order valence-corrected chi connectivity index (χ0v) is 15.5. The van der Waals surface area contributed by atoms with Crippen LogP contribution in [0, 0.1) is 6.92 Å². The highest BCUT2D eigenvalue weighted by molar-refractivity contribution is 5.92. The maximum Gasteiger partial charge on any atom is 0.274 e. The molecule has 0 aromatic carbocycles. The third-order valence-electron chi connectivity index (χ3n) is 4.06. The molecule has 3 aromatic heterocycles. The highest BCUT2D eigenvalue weighted by atomic mass is 16.3. The number of aryl methyl sites for hydroxylation is 1. The minimum absolute atomic E-state index is 0.149. The van der Waals surface area contributed by atoms with Crippen molar-refractivity contribution in [2.75, 3.05) is 6.54 Å². The van der Waals surface area contributed by atoms with Crippen molar-refractivity contribution in [2.24, 2.45) is 0 Å². The number of hydrogen-bond acceptors (Lipinski definition) is 6. The van der Waals surface area contributed by atoms with Gasteiger partial charge in [-0.1, -0.05) is 0 Å². The molecule has 0 bridgehead atoms. The smallest absolute Gasteiger partial charge is 0.274 e. The molecule has 1 N–H and O–H groups in total. The first kappa shape index (κ1) is 19.2. The van der Waals surface area contributed by atoms with Gasteiger partial charge in [0, 0.05) is 38.1 Å². The normalized spacial score (nSPS) is 10.5. The lowest BCUT2D eigenvalue weighted by molar-refractivity contribution is -0.121. The molecular formula is C20H21N5O3. The van der Waals surface area contributed by atoms with Gasteiger partial charge in [-0.05, 0) is 36.8 Å². The summed E-state index contributed by atoms with van der Waals surface area (Å²) in [5.74, 6) is 0.181. The van der Waals surface area contributed by atoms with E-state index in [-0.39, 0.29) is 37.0 Å². The van der Waals surface area contributed by atoms with Crippen LogP contribution < -0.4 is 5.32 Å². The third-order valence-corrected chi connectivity index (χ3v) is 4.06. The second kappa shape index (κ2) is 9.40. The van der Waals surface area contributed by atoms with E-state index in [4.69, 9.17) is 4.42 Å². The fourth-order valence-electron chi connectivity index (χ4n) is 2.53. The van der Waals surface area contributed by atoms with Crippen LogP contribution in [0.2, 0.25) is 0 Å². The van der Waals surface area contributed by atoms with Crippen LogP contribution in [-0.2, 0) is 17.9 Å². The van der Waals surface area contributed by atoms with E-state index in [0.717, 1.165) is 11.3 Å². The van der Waals surface area contributed by atoms with E-state index in [9.17, 15) is 9.59 Å². The summed E-state index contributed by atoms with van der Waals surface area (Å²) in [5, 5.41) is 2.84. The van der Waals surface area contributed by atoms with Crippen LogP contribution in [0.5, 0.6) is 0 Å². The van der Waals surface area contributed by atoms with Gasteiger partial charge in [0.15, 0.2) is 0 Å². The summed E-state index contributed by atoms with van der Waals surface area (Å²) < 4.78 is 5.34. The van der Waals surface area contributed by atoms with E-state index in [1.807, 2.05) is 12.1 Å². The van der Waals surface area contributed by atoms with Gasteiger partial charge in [0.25, 0.3) is 5.91 Å². The van der Waals surface area contributed by atoms with Crippen molar-refractivity contribution in [2.45, 2.75) is 26.4 Å². The number of furan rings is 1. The number of carbonyl (C=O) groups is 2. The van der Waals surface area contributed by atoms with E-state index in [1.54, 1.807) is 43.9 Å². The molecule has 0 atom stereocenters. The first-order valence-electron chi connectivity index (χ1n) is 8.88. The number of aromatic nitrogens is 3. The van der Waals surface area contributed by atoms with Crippen molar-refractivity contribution in [1.82, 2.24) is 25.2 Å². The Kier molecular flexibility index (Phi) is 6.46. The molecule has 0 aliphatic rings. The summed E-state index contributed by atoms with van der Waals surface area (Å²) in [4.78, 5) is 38.8. The van der Waals surface area contributed by atoms with Crippen LogP contribution in [0.25, 0.3) is 0 Å². The molecule has 0 radical (unpaired) electrons. The predicted molar refractivity (Wildman–Crippen MR) is 101 cm³/mol. The van der Waals surface area contributed by atoms with Gasteiger partial charge in [-0.2, -0.15) is 0 Å². The Hall–Kier alpha value is -3.55. The van der Waals surface area contributed by atoms with Crippen molar-refractivity contribution >= 4 is 11.8 Å². The van der Waals surface area contributed by atoms with Crippen molar-refractivity contribution in [1.29, 1.82) is 0 Å². The Morgan fingerprint density at radius 3 is 2.64 bits per heavy atom. The highest BCUT2D eigenvalue weighted by Gasteiger charge is 2.20. The molecule has 3 aromatic rings. The van der Waals surface area contributed by atoms with Crippen LogP contribution in [0.4, 0.5) is 0 Å². The molecule has 144 valence electrons. The lowest BCUT2D eigenvalue weighted by atomic mass is 10.2. The van der Waals surface area contributed by atoms with E-state index in [0.29, 0.717) is 12.3 Å². The minimum Gasteiger partial charge on any atom is -0.467 e. The standard InChI is InChI=1S/C20H21N5O3/c1-15-11-23-18(13-22-15)20(27)25(14-17-3-2-10-28-17)9-6-19(26)24-12-16-4-7-21-8-5-16/h2-5,7-8,10-11,13H,6,9,12,14H2,1H3,(H,24,26). The van der Waals surface area contributed by atoms with Crippen LogP contribution >= 0.6 is 0 Å². The topological polar surface area (TPSA) is 101 Å². The monoisotopic (exact) mass is 379 g/mol. The molecule has 8 heteroatoms. The van der Waals surface area contributed by atoms with Gasteiger partial charge in [-0.25, -0.2) is 4.98 Å². The minimum atomic E-state index is -0.300. The van der Waals surface area contributed by atoms with E-state index in [1.165, 1.54) is 11.1 Å². The van der Waals surface area contributed by atoms with Gasteiger partial charge in [0.1, 0.15) is 11.5 Å². The number of nitrogens with one attached hydrogen (secondary N) is 1. The van der Waals surface area contributed by atoms with Gasteiger partial charge in [0.2, 0.25) is 5.91 Å². The molecule has 3 rings (SSSR count). The second-order valence-electron chi connectivity index (χ2n) is 6.23. The summed E-state index contributed by atoms with van der Waals surface area (Å²) in [6.45, 7) is 2.70. The zero-order chi connectivity index (χ0) is 19.8. The lowest BCUT2D eigenvalue weighted by Gasteiger charge is -2.21. The molecule has 2 amide bonds. The van der Waals surface area contributed by atoms with Crippen LogP contribution in [0.1, 0.15) is 33.9 Å². The summed E-state index contributed by atoms with van der Waals surface area (Å²) in [6, 6.07) is 7.21. The van der Waals surface area contributed by atoms with Crippen molar-refractivity contribution in [3.8, 4) is 0 Å². The SMILES string of the molecule is Cc1cnc(C(=O)N(CCC(=O)NCc2ccncc2)Cc2ccco2)cn1. The lowest BCUT2D eigenvalue weighted by Crippen LogP contribution is -2.35. The number of amides is 2. The Morgan fingerprint density at radius 2 is 1.96 bits per heavy atom. The fraction of sp³-hybridized carbons (Fsp3) is 0.250. The summed E-state index contributed by atoms with van der Waals surface area (Å²) in [6.07, 6.45) is 8.04. The van der Waals surface area contributed by atoms with Gasteiger partial charge >= 0.3 is 0 Å². The third kappa shape index (κ3) is 5.47. The predicted octanol–water partition coefficient (Wildman–Crippen LogP) is 2.12. The van der Waals surface area contributed by atoms with Gasteiger partial charge < -0.3 is 14.6 Å². The molecule has 8 nitrogen and oxygen atoms in total. The van der Waals surface area contributed by atoms with Crippen LogP contribution in [-0.4, -0.2) is 38.2 Å². The number of nitrogens with zero attached hydrogens (tertiary/aromatic N) is 4. The van der Waals surface area contributed by atoms with Crippen molar-refractivity contribution in [3.05, 3.63) is 78.0 Å². The summed E-state index contributed by atoms with van der Waals surface area (Å²) in [7, 11) is 0. The summed E-state index contributed by atoms with van der Waals surface area (Å²) >= 11 is 0. The molecule has 28 heavy (non-hydrogen) atoms. The molecule has 0 fully saturated rings. The van der Waals surface area contributed by atoms with E-state index < -0.39 is 0 Å². The maximum atomic E-state index is 12.8. The number of carbonyl (C=O) groups excluding carboxylic acids is 2.